The highest BCUT2D eigenvalue weighted by molar-refractivity contribution is 5.81. The Kier molecular flexibility index (Phi) is 4.97. The third-order valence-electron chi connectivity index (χ3n) is 4.25. The molecule has 0 saturated heterocycles. The summed E-state index contributed by atoms with van der Waals surface area (Å²) in [5, 5.41) is 0. The van der Waals surface area contributed by atoms with Crippen LogP contribution in [0.5, 0.6) is 11.5 Å². The van der Waals surface area contributed by atoms with Gasteiger partial charge in [-0.1, -0.05) is 36.1 Å². The van der Waals surface area contributed by atoms with Crippen LogP contribution in [-0.4, -0.2) is 14.2 Å². The molecule has 0 aliphatic rings. The molecule has 0 spiro atoms. The van der Waals surface area contributed by atoms with E-state index in [1.54, 1.807) is 14.2 Å². The lowest BCUT2D eigenvalue weighted by Crippen LogP contribution is -1.94. The molecule has 126 valence electrons. The number of rotatable bonds is 4. The quantitative estimate of drug-likeness (QED) is 0.623. The first kappa shape index (κ1) is 17.2. The molecular formula is C24H18O2. The highest BCUT2D eigenvalue weighted by Crippen LogP contribution is 2.40. The number of ether oxygens (including phenoxy) is 2. The molecule has 2 heteroatoms. The second kappa shape index (κ2) is 7.51. The van der Waals surface area contributed by atoms with Crippen LogP contribution in [0.25, 0.3) is 22.3 Å². The minimum atomic E-state index is 0.760. The molecule has 0 saturated carbocycles. The molecule has 0 atom stereocenters. The van der Waals surface area contributed by atoms with Gasteiger partial charge in [0.25, 0.3) is 0 Å². The van der Waals surface area contributed by atoms with Gasteiger partial charge in [0.15, 0.2) is 0 Å². The zero-order chi connectivity index (χ0) is 18.5. The molecule has 0 unspecified atom stereocenters. The Hall–Kier alpha value is -3.62. The largest absolute Gasteiger partial charge is 0.496 e. The van der Waals surface area contributed by atoms with Gasteiger partial charge < -0.3 is 9.47 Å². The van der Waals surface area contributed by atoms with Crippen LogP contribution < -0.4 is 9.47 Å². The molecule has 2 nitrogen and oxygen atoms in total. The number of methoxy groups -OCH3 is 2. The van der Waals surface area contributed by atoms with Crippen molar-refractivity contribution in [2.45, 2.75) is 0 Å². The summed E-state index contributed by atoms with van der Waals surface area (Å²) in [6, 6.07) is 19.5. The number of hydrogen-bond donors (Lipinski definition) is 0. The van der Waals surface area contributed by atoms with E-state index < -0.39 is 0 Å². The lowest BCUT2D eigenvalue weighted by molar-refractivity contribution is 0.406. The molecule has 0 aliphatic carbocycles. The van der Waals surface area contributed by atoms with Crippen molar-refractivity contribution < 1.29 is 9.47 Å². The van der Waals surface area contributed by atoms with Gasteiger partial charge in [0.05, 0.1) is 14.2 Å². The minimum Gasteiger partial charge on any atom is -0.496 e. The van der Waals surface area contributed by atoms with Crippen molar-refractivity contribution in [2.24, 2.45) is 0 Å². The van der Waals surface area contributed by atoms with Gasteiger partial charge >= 0.3 is 0 Å². The van der Waals surface area contributed by atoms with E-state index in [1.807, 2.05) is 60.7 Å². The van der Waals surface area contributed by atoms with E-state index in [4.69, 9.17) is 22.3 Å². The zero-order valence-corrected chi connectivity index (χ0v) is 14.7. The van der Waals surface area contributed by atoms with E-state index in [1.165, 1.54) is 0 Å². The molecule has 3 aromatic rings. The van der Waals surface area contributed by atoms with Crippen LogP contribution in [0.2, 0.25) is 0 Å². The van der Waals surface area contributed by atoms with E-state index in [9.17, 15) is 0 Å². The molecule has 3 aromatic carbocycles. The minimum absolute atomic E-state index is 0.760. The highest BCUT2D eigenvalue weighted by Gasteiger charge is 2.14. The van der Waals surface area contributed by atoms with Gasteiger partial charge in [-0.2, -0.15) is 0 Å². The van der Waals surface area contributed by atoms with Gasteiger partial charge in [0.1, 0.15) is 11.5 Å². The van der Waals surface area contributed by atoms with Gasteiger partial charge in [0.2, 0.25) is 0 Å². The molecule has 0 N–H and O–H groups in total. The third kappa shape index (κ3) is 3.27. The first-order valence-corrected chi connectivity index (χ1v) is 8.10. The summed E-state index contributed by atoms with van der Waals surface area (Å²) < 4.78 is 11.3. The SMILES string of the molecule is C#Cc1ccc(-c2cc(OC)c(-c3ccc(C#C)cc3)cc2OC)cc1. The van der Waals surface area contributed by atoms with E-state index in [0.29, 0.717) is 0 Å². The summed E-state index contributed by atoms with van der Waals surface area (Å²) in [5.41, 5.74) is 5.57. The zero-order valence-electron chi connectivity index (χ0n) is 14.7. The maximum absolute atomic E-state index is 5.63. The molecule has 3 rings (SSSR count). The number of hydrogen-bond acceptors (Lipinski definition) is 2. The Labute approximate surface area is 154 Å². The summed E-state index contributed by atoms with van der Waals surface area (Å²) >= 11 is 0. The Bertz CT molecular complexity index is 913. The maximum atomic E-state index is 5.63. The average molecular weight is 338 g/mol. The van der Waals surface area contributed by atoms with E-state index >= 15 is 0 Å². The highest BCUT2D eigenvalue weighted by atomic mass is 16.5. The van der Waals surface area contributed by atoms with E-state index in [2.05, 4.69) is 11.8 Å². The predicted molar refractivity (Wildman–Crippen MR) is 106 cm³/mol. The molecule has 0 amide bonds. The summed E-state index contributed by atoms with van der Waals surface area (Å²) in [7, 11) is 3.32. The second-order valence-corrected chi connectivity index (χ2v) is 5.70. The van der Waals surface area contributed by atoms with Gasteiger partial charge in [-0.3, -0.25) is 0 Å². The molecule has 0 radical (unpaired) electrons. The first-order chi connectivity index (χ1) is 12.7. The lowest BCUT2D eigenvalue weighted by atomic mass is 9.97. The van der Waals surface area contributed by atoms with Crippen LogP contribution in [0.4, 0.5) is 0 Å². The van der Waals surface area contributed by atoms with Crippen LogP contribution in [0.1, 0.15) is 11.1 Å². The molecule has 0 bridgehead atoms. The topological polar surface area (TPSA) is 18.5 Å². The van der Waals surface area contributed by atoms with Crippen molar-refractivity contribution in [3.8, 4) is 58.4 Å². The van der Waals surface area contributed by atoms with Crippen LogP contribution in [0, 0.1) is 24.7 Å². The lowest BCUT2D eigenvalue weighted by Gasteiger charge is -2.15. The summed E-state index contributed by atoms with van der Waals surface area (Å²) in [4.78, 5) is 0. The van der Waals surface area contributed by atoms with Crippen molar-refractivity contribution >= 4 is 0 Å². The van der Waals surface area contributed by atoms with Crippen LogP contribution in [0.3, 0.4) is 0 Å². The predicted octanol–water partition coefficient (Wildman–Crippen LogP) is 5.00. The van der Waals surface area contributed by atoms with Crippen molar-refractivity contribution in [3.63, 3.8) is 0 Å². The Morgan fingerprint density at radius 3 is 1.23 bits per heavy atom. The number of benzene rings is 3. The monoisotopic (exact) mass is 338 g/mol. The van der Waals surface area contributed by atoms with E-state index in [-0.39, 0.29) is 0 Å². The second-order valence-electron chi connectivity index (χ2n) is 5.70. The Balaban J connectivity index is 2.13. The molecule has 26 heavy (non-hydrogen) atoms. The third-order valence-corrected chi connectivity index (χ3v) is 4.25. The van der Waals surface area contributed by atoms with Gasteiger partial charge in [-0.25, -0.2) is 0 Å². The average Bonchev–Trinajstić information content (AvgIpc) is 2.73. The molecule has 0 aliphatic heterocycles. The van der Waals surface area contributed by atoms with Crippen molar-refractivity contribution in [1.29, 1.82) is 0 Å². The normalized spacial score (nSPS) is 9.85. The number of terminal acetylenes is 2. The molecule has 0 fully saturated rings. The fraction of sp³-hybridized carbons (Fsp3) is 0.0833. The molecule has 0 heterocycles. The van der Waals surface area contributed by atoms with Gasteiger partial charge in [-0.05, 0) is 47.5 Å². The van der Waals surface area contributed by atoms with Crippen molar-refractivity contribution in [3.05, 3.63) is 71.8 Å². The summed E-state index contributed by atoms with van der Waals surface area (Å²) in [5.74, 6) is 6.77. The fourth-order valence-corrected chi connectivity index (χ4v) is 2.84. The fourth-order valence-electron chi connectivity index (χ4n) is 2.84. The van der Waals surface area contributed by atoms with E-state index in [0.717, 1.165) is 44.9 Å². The van der Waals surface area contributed by atoms with Crippen LogP contribution in [0.15, 0.2) is 60.7 Å². The maximum Gasteiger partial charge on any atom is 0.127 e. The first-order valence-electron chi connectivity index (χ1n) is 8.10. The van der Waals surface area contributed by atoms with Crippen LogP contribution >= 0.6 is 0 Å². The molecular weight excluding hydrogens is 320 g/mol. The summed E-state index contributed by atoms with van der Waals surface area (Å²) in [6.07, 6.45) is 10.9. The Morgan fingerprint density at radius 1 is 0.615 bits per heavy atom. The smallest absolute Gasteiger partial charge is 0.127 e. The van der Waals surface area contributed by atoms with Gasteiger partial charge in [-0.15, -0.1) is 12.8 Å². The molecule has 0 aromatic heterocycles. The summed E-state index contributed by atoms with van der Waals surface area (Å²) in [6.45, 7) is 0. The van der Waals surface area contributed by atoms with Crippen molar-refractivity contribution in [1.82, 2.24) is 0 Å². The standard InChI is InChI=1S/C24H18O2/c1-5-17-7-11-19(12-8-17)21-15-24(26-4)22(16-23(21)25-3)20-13-9-18(6-2)10-14-20/h1-2,7-16H,3-4H3. The van der Waals surface area contributed by atoms with Crippen LogP contribution in [-0.2, 0) is 0 Å². The van der Waals surface area contributed by atoms with Crippen molar-refractivity contribution in [2.75, 3.05) is 14.2 Å². The Morgan fingerprint density at radius 2 is 0.962 bits per heavy atom. The van der Waals surface area contributed by atoms with Gasteiger partial charge in [0, 0.05) is 22.3 Å².